The van der Waals surface area contributed by atoms with E-state index in [1.165, 1.54) is 11.3 Å². The predicted molar refractivity (Wildman–Crippen MR) is 129 cm³/mol. The first-order valence-electron chi connectivity index (χ1n) is 10.5. The topological polar surface area (TPSA) is 39.2 Å². The molecule has 156 valence electrons. The molecule has 0 unspecified atom stereocenters. The van der Waals surface area contributed by atoms with Gasteiger partial charge in [-0.15, -0.1) is 11.3 Å². The van der Waals surface area contributed by atoms with Crippen molar-refractivity contribution in [3.05, 3.63) is 137 Å². The van der Waals surface area contributed by atoms with E-state index in [-0.39, 0.29) is 12.4 Å². The van der Waals surface area contributed by atoms with Crippen LogP contribution in [0.5, 0.6) is 0 Å². The third-order valence-corrected chi connectivity index (χ3v) is 6.57. The van der Waals surface area contributed by atoms with Gasteiger partial charge in [0.05, 0.1) is 10.2 Å². The predicted octanol–water partition coefficient (Wildman–Crippen LogP) is 6.49. The van der Waals surface area contributed by atoms with Crippen molar-refractivity contribution in [3.8, 4) is 0 Å². The summed E-state index contributed by atoms with van der Waals surface area (Å²) in [6.07, 6.45) is 0. The lowest BCUT2D eigenvalue weighted by atomic mass is 9.80. The minimum absolute atomic E-state index is 0.0848. The number of carbonyl (C=O) groups excluding carboxylic acids is 1. The van der Waals surface area contributed by atoms with E-state index in [1.54, 1.807) is 0 Å². The molecule has 0 N–H and O–H groups in total. The van der Waals surface area contributed by atoms with Crippen LogP contribution in [0.1, 0.15) is 26.5 Å². The number of hydrogen-bond acceptors (Lipinski definition) is 4. The van der Waals surface area contributed by atoms with E-state index in [1.807, 2.05) is 115 Å². The van der Waals surface area contributed by atoms with E-state index in [0.29, 0.717) is 5.01 Å². The summed E-state index contributed by atoms with van der Waals surface area (Å²) >= 11 is 1.40. The van der Waals surface area contributed by atoms with Gasteiger partial charge in [0, 0.05) is 0 Å². The molecule has 0 saturated heterocycles. The first-order valence-corrected chi connectivity index (χ1v) is 11.3. The zero-order valence-corrected chi connectivity index (χ0v) is 18.2. The van der Waals surface area contributed by atoms with Crippen LogP contribution in [-0.4, -0.2) is 17.4 Å². The Bertz CT molecular complexity index is 1200. The van der Waals surface area contributed by atoms with Crippen molar-refractivity contribution in [1.82, 2.24) is 4.98 Å². The van der Waals surface area contributed by atoms with E-state index in [9.17, 15) is 4.79 Å². The van der Waals surface area contributed by atoms with Crippen molar-refractivity contribution in [3.63, 3.8) is 0 Å². The Morgan fingerprint density at radius 2 is 1.16 bits per heavy atom. The highest BCUT2D eigenvalue weighted by Crippen LogP contribution is 2.40. The number of Topliss-reactive ketones (excluding diaryl/α,β-unsaturated/α-hetero) is 1. The van der Waals surface area contributed by atoms with Crippen molar-refractivity contribution in [2.24, 2.45) is 0 Å². The van der Waals surface area contributed by atoms with Crippen LogP contribution >= 0.6 is 11.3 Å². The van der Waals surface area contributed by atoms with Gasteiger partial charge in [-0.1, -0.05) is 103 Å². The third-order valence-electron chi connectivity index (χ3n) is 5.49. The summed E-state index contributed by atoms with van der Waals surface area (Å²) < 4.78 is 7.61. The van der Waals surface area contributed by atoms with E-state index in [2.05, 4.69) is 4.98 Å². The van der Waals surface area contributed by atoms with Crippen LogP contribution in [0.3, 0.4) is 0 Å². The molecule has 4 aromatic carbocycles. The molecule has 0 bridgehead atoms. The molecule has 0 aliphatic rings. The van der Waals surface area contributed by atoms with Gasteiger partial charge in [-0.3, -0.25) is 4.79 Å². The van der Waals surface area contributed by atoms with Gasteiger partial charge in [-0.25, -0.2) is 4.98 Å². The van der Waals surface area contributed by atoms with Gasteiger partial charge in [0.25, 0.3) is 0 Å². The van der Waals surface area contributed by atoms with Crippen molar-refractivity contribution < 1.29 is 9.53 Å². The summed E-state index contributed by atoms with van der Waals surface area (Å²) in [5.74, 6) is -0.127. The number of benzene rings is 4. The molecule has 0 spiro atoms. The van der Waals surface area contributed by atoms with Crippen molar-refractivity contribution in [2.45, 2.75) is 5.60 Å². The van der Waals surface area contributed by atoms with Gasteiger partial charge in [0.1, 0.15) is 12.2 Å². The summed E-state index contributed by atoms with van der Waals surface area (Å²) in [5.41, 5.74) is 2.82. The smallest absolute Gasteiger partial charge is 0.217 e. The average Bonchev–Trinajstić information content (AvgIpc) is 3.31. The van der Waals surface area contributed by atoms with Gasteiger partial charge >= 0.3 is 0 Å². The van der Waals surface area contributed by atoms with Crippen LogP contribution in [-0.2, 0) is 10.3 Å². The molecule has 5 aromatic rings. The molecule has 5 rings (SSSR count). The Morgan fingerprint density at radius 1 is 0.688 bits per heavy atom. The van der Waals surface area contributed by atoms with Crippen LogP contribution < -0.4 is 0 Å². The zero-order valence-electron chi connectivity index (χ0n) is 17.3. The molecule has 0 atom stereocenters. The van der Waals surface area contributed by atoms with E-state index < -0.39 is 5.60 Å². The number of aromatic nitrogens is 1. The molecule has 0 aliphatic heterocycles. The number of fused-ring (bicyclic) bond motifs is 1. The lowest BCUT2D eigenvalue weighted by Gasteiger charge is -2.35. The van der Waals surface area contributed by atoms with Crippen molar-refractivity contribution in [2.75, 3.05) is 6.61 Å². The Kier molecular flexibility index (Phi) is 5.63. The molecule has 0 saturated carbocycles. The summed E-state index contributed by atoms with van der Waals surface area (Å²) in [5, 5.41) is 0.467. The van der Waals surface area contributed by atoms with Gasteiger partial charge in [0.2, 0.25) is 5.78 Å². The zero-order chi connectivity index (χ0) is 21.8. The molecule has 0 fully saturated rings. The van der Waals surface area contributed by atoms with E-state index >= 15 is 0 Å². The monoisotopic (exact) mass is 435 g/mol. The van der Waals surface area contributed by atoms with E-state index in [4.69, 9.17) is 4.74 Å². The molecule has 3 nitrogen and oxygen atoms in total. The van der Waals surface area contributed by atoms with Crippen molar-refractivity contribution >= 4 is 27.3 Å². The molecule has 1 aromatic heterocycles. The standard InChI is InChI=1S/C28H21NO2S/c30-25(27-29-24-18-10-11-19-26(24)32-27)20-31-28(21-12-4-1-5-13-21,22-14-6-2-7-15-22)23-16-8-3-9-17-23/h1-19H,20H2. The van der Waals surface area contributed by atoms with Crippen LogP contribution in [0.2, 0.25) is 0 Å². The number of rotatable bonds is 7. The fourth-order valence-electron chi connectivity index (χ4n) is 4.00. The van der Waals surface area contributed by atoms with Gasteiger partial charge in [-0.2, -0.15) is 0 Å². The summed E-state index contributed by atoms with van der Waals surface area (Å²) in [4.78, 5) is 17.7. The quantitative estimate of drug-likeness (QED) is 0.217. The van der Waals surface area contributed by atoms with Crippen LogP contribution in [0.25, 0.3) is 10.2 Å². The summed E-state index contributed by atoms with van der Waals surface area (Å²) in [7, 11) is 0. The minimum Gasteiger partial charge on any atom is -0.353 e. The fourth-order valence-corrected chi connectivity index (χ4v) is 4.89. The Morgan fingerprint density at radius 3 is 1.66 bits per heavy atom. The summed E-state index contributed by atoms with van der Waals surface area (Å²) in [6.45, 7) is -0.0848. The SMILES string of the molecule is O=C(COC(c1ccccc1)(c1ccccc1)c1ccccc1)c1nc2ccccc2s1. The Hall–Kier alpha value is -3.60. The second kappa shape index (κ2) is 8.87. The van der Waals surface area contributed by atoms with Gasteiger partial charge < -0.3 is 4.74 Å². The van der Waals surface area contributed by atoms with Crippen molar-refractivity contribution in [1.29, 1.82) is 0 Å². The molecular formula is C28H21NO2S. The number of hydrogen-bond donors (Lipinski definition) is 0. The number of ether oxygens (including phenoxy) is 1. The number of carbonyl (C=O) groups is 1. The van der Waals surface area contributed by atoms with Crippen LogP contribution in [0, 0.1) is 0 Å². The molecule has 4 heteroatoms. The van der Waals surface area contributed by atoms with E-state index in [0.717, 1.165) is 26.9 Å². The van der Waals surface area contributed by atoms with Gasteiger partial charge in [0.15, 0.2) is 5.01 Å². The first kappa shape index (κ1) is 20.3. The highest BCUT2D eigenvalue weighted by molar-refractivity contribution is 7.20. The number of thiazole rings is 1. The first-order chi connectivity index (χ1) is 15.8. The second-order valence-electron chi connectivity index (χ2n) is 7.48. The normalized spacial score (nSPS) is 11.5. The average molecular weight is 436 g/mol. The maximum absolute atomic E-state index is 13.2. The van der Waals surface area contributed by atoms with Gasteiger partial charge in [-0.05, 0) is 28.8 Å². The maximum Gasteiger partial charge on any atom is 0.217 e. The Labute approximate surface area is 191 Å². The molecule has 0 aliphatic carbocycles. The van der Waals surface area contributed by atoms with Crippen LogP contribution in [0.15, 0.2) is 115 Å². The third kappa shape index (κ3) is 3.75. The molecule has 1 heterocycles. The maximum atomic E-state index is 13.2. The Balaban J connectivity index is 1.58. The summed E-state index contributed by atoms with van der Waals surface area (Å²) in [6, 6.07) is 38.0. The highest BCUT2D eigenvalue weighted by Gasteiger charge is 2.38. The fraction of sp³-hybridized carbons (Fsp3) is 0.0714. The lowest BCUT2D eigenvalue weighted by Crippen LogP contribution is -2.34. The lowest BCUT2D eigenvalue weighted by molar-refractivity contribution is 0.0164. The molecule has 32 heavy (non-hydrogen) atoms. The largest absolute Gasteiger partial charge is 0.353 e. The van der Waals surface area contributed by atoms with Crippen LogP contribution in [0.4, 0.5) is 0 Å². The number of ketones is 1. The number of nitrogens with zero attached hydrogens (tertiary/aromatic N) is 1. The highest BCUT2D eigenvalue weighted by atomic mass is 32.1. The molecular weight excluding hydrogens is 414 g/mol. The second-order valence-corrected chi connectivity index (χ2v) is 8.51. The molecule has 0 radical (unpaired) electrons. The minimum atomic E-state index is -0.921. The number of para-hydroxylation sites is 1. The molecule has 0 amide bonds.